The van der Waals surface area contributed by atoms with Gasteiger partial charge in [0.05, 0.1) is 6.33 Å². The molecule has 1 rings (SSSR count). The highest BCUT2D eigenvalue weighted by molar-refractivity contribution is 5.12. The number of nitrogens with zero attached hydrogens (tertiary/aromatic N) is 2. The minimum absolute atomic E-state index is 0.0342. The minimum Gasteiger partial charge on any atom is -0.334 e. The predicted molar refractivity (Wildman–Crippen MR) is 50.0 cm³/mol. The van der Waals surface area contributed by atoms with Crippen LogP contribution >= 0.6 is 0 Å². The molecule has 1 heterocycles. The Bertz CT molecular complexity index is 250. The maximum Gasteiger partial charge on any atom is 0.0948 e. The van der Waals surface area contributed by atoms with Crippen molar-refractivity contribution >= 4 is 0 Å². The first-order valence-electron chi connectivity index (χ1n) is 4.32. The molecule has 0 aromatic carbocycles. The Balaban J connectivity index is 3.00. The molecule has 12 heavy (non-hydrogen) atoms. The maximum absolute atomic E-state index is 5.68. The maximum atomic E-state index is 5.68. The molecule has 0 amide bonds. The third-order valence-electron chi connectivity index (χ3n) is 2.26. The summed E-state index contributed by atoms with van der Waals surface area (Å²) < 4.78 is 2.13. The van der Waals surface area contributed by atoms with Crippen molar-refractivity contribution in [2.45, 2.75) is 32.7 Å². The van der Waals surface area contributed by atoms with E-state index in [1.54, 1.807) is 0 Å². The molecule has 0 atom stereocenters. The average molecular weight is 167 g/mol. The predicted octanol–water partition coefficient (Wildman–Crippen LogP) is 1.14. The fraction of sp³-hybridized carbons (Fsp3) is 0.667. The van der Waals surface area contributed by atoms with Crippen LogP contribution in [0.4, 0.5) is 0 Å². The van der Waals surface area contributed by atoms with E-state index in [2.05, 4.69) is 30.3 Å². The van der Waals surface area contributed by atoms with Crippen LogP contribution in [-0.2, 0) is 12.0 Å². The van der Waals surface area contributed by atoms with Gasteiger partial charge in [-0.05, 0) is 6.92 Å². The third-order valence-corrected chi connectivity index (χ3v) is 2.26. The van der Waals surface area contributed by atoms with Crippen LogP contribution in [0.1, 0.15) is 26.5 Å². The highest BCUT2D eigenvalue weighted by Gasteiger charge is 2.21. The quantitative estimate of drug-likeness (QED) is 0.733. The molecule has 2 N–H and O–H groups in total. The summed E-state index contributed by atoms with van der Waals surface area (Å²) in [5.41, 5.74) is 6.93. The zero-order chi connectivity index (χ0) is 9.19. The zero-order valence-electron chi connectivity index (χ0n) is 8.04. The Hall–Kier alpha value is -0.830. The van der Waals surface area contributed by atoms with Crippen molar-refractivity contribution < 1.29 is 0 Å². The number of nitrogens with two attached hydrogens (primary N) is 1. The van der Waals surface area contributed by atoms with Crippen LogP contribution in [0.25, 0.3) is 0 Å². The molecule has 0 radical (unpaired) electrons. The van der Waals surface area contributed by atoms with Crippen LogP contribution in [-0.4, -0.2) is 16.1 Å². The summed E-state index contributed by atoms with van der Waals surface area (Å²) in [6.45, 7) is 7.99. The van der Waals surface area contributed by atoms with Gasteiger partial charge in [0, 0.05) is 30.4 Å². The number of hydrogen-bond donors (Lipinski definition) is 1. The van der Waals surface area contributed by atoms with Crippen molar-refractivity contribution in [2.24, 2.45) is 5.73 Å². The molecule has 0 fully saturated rings. The van der Waals surface area contributed by atoms with Crippen LogP contribution in [0.5, 0.6) is 0 Å². The van der Waals surface area contributed by atoms with Gasteiger partial charge in [-0.2, -0.15) is 0 Å². The Labute approximate surface area is 73.6 Å². The highest BCUT2D eigenvalue weighted by atomic mass is 15.0. The molecule has 0 aliphatic heterocycles. The lowest BCUT2D eigenvalue weighted by atomic mass is 9.90. The van der Waals surface area contributed by atoms with Gasteiger partial charge in [-0.3, -0.25) is 0 Å². The fourth-order valence-electron chi connectivity index (χ4n) is 1.24. The molecule has 0 aliphatic rings. The van der Waals surface area contributed by atoms with E-state index in [4.69, 9.17) is 5.73 Å². The van der Waals surface area contributed by atoms with E-state index < -0.39 is 0 Å². The molecule has 1 aromatic rings. The van der Waals surface area contributed by atoms with Gasteiger partial charge in [0.25, 0.3) is 0 Å². The van der Waals surface area contributed by atoms with Crippen LogP contribution in [0, 0.1) is 0 Å². The van der Waals surface area contributed by atoms with Gasteiger partial charge in [-0.25, -0.2) is 4.98 Å². The molecule has 0 bridgehead atoms. The van der Waals surface area contributed by atoms with Gasteiger partial charge in [0.1, 0.15) is 0 Å². The number of imidazole rings is 1. The molecule has 0 aliphatic carbocycles. The summed E-state index contributed by atoms with van der Waals surface area (Å²) in [4.78, 5) is 4.11. The van der Waals surface area contributed by atoms with E-state index in [0.29, 0.717) is 6.54 Å². The van der Waals surface area contributed by atoms with Crippen LogP contribution < -0.4 is 5.73 Å². The lowest BCUT2D eigenvalue weighted by Gasteiger charge is -2.23. The third kappa shape index (κ3) is 1.50. The van der Waals surface area contributed by atoms with Gasteiger partial charge in [-0.15, -0.1) is 0 Å². The number of rotatable bonds is 3. The molecule has 1 aromatic heterocycles. The zero-order valence-corrected chi connectivity index (χ0v) is 8.04. The molecular formula is C9H17N3. The molecule has 0 spiro atoms. The van der Waals surface area contributed by atoms with Gasteiger partial charge < -0.3 is 10.3 Å². The van der Waals surface area contributed by atoms with E-state index in [1.807, 2.05) is 12.5 Å². The standard InChI is InChI=1S/C9H17N3/c1-4-12-7-11-5-8(12)9(2,3)6-10/h5,7H,4,6,10H2,1-3H3. The van der Waals surface area contributed by atoms with Gasteiger partial charge in [-0.1, -0.05) is 13.8 Å². The normalized spacial score (nSPS) is 12.0. The summed E-state index contributed by atoms with van der Waals surface area (Å²) in [6, 6.07) is 0. The van der Waals surface area contributed by atoms with Crippen molar-refractivity contribution in [3.63, 3.8) is 0 Å². The molecule has 0 saturated heterocycles. The van der Waals surface area contributed by atoms with Crippen molar-refractivity contribution in [3.05, 3.63) is 18.2 Å². The second-order valence-electron chi connectivity index (χ2n) is 3.65. The van der Waals surface area contributed by atoms with Crippen molar-refractivity contribution in [1.29, 1.82) is 0 Å². The first-order chi connectivity index (χ1) is 5.61. The SMILES string of the molecule is CCn1cncc1C(C)(C)CN. The first kappa shape index (κ1) is 9.26. The summed E-state index contributed by atoms with van der Waals surface area (Å²) >= 11 is 0. The first-order valence-corrected chi connectivity index (χ1v) is 4.32. The summed E-state index contributed by atoms with van der Waals surface area (Å²) in [6.07, 6.45) is 3.75. The minimum atomic E-state index is 0.0342. The van der Waals surface area contributed by atoms with Crippen LogP contribution in [0.3, 0.4) is 0 Å². The molecule has 3 nitrogen and oxygen atoms in total. The van der Waals surface area contributed by atoms with Crippen LogP contribution in [0.2, 0.25) is 0 Å². The van der Waals surface area contributed by atoms with E-state index in [-0.39, 0.29) is 5.41 Å². The number of hydrogen-bond acceptors (Lipinski definition) is 2. The Morgan fingerprint density at radius 3 is 2.75 bits per heavy atom. The van der Waals surface area contributed by atoms with E-state index in [9.17, 15) is 0 Å². The van der Waals surface area contributed by atoms with Crippen molar-refractivity contribution in [1.82, 2.24) is 9.55 Å². The second kappa shape index (κ2) is 3.27. The molecular weight excluding hydrogens is 150 g/mol. The van der Waals surface area contributed by atoms with Gasteiger partial charge in [0.15, 0.2) is 0 Å². The Kier molecular flexibility index (Phi) is 2.52. The Morgan fingerprint density at radius 1 is 1.58 bits per heavy atom. The van der Waals surface area contributed by atoms with Gasteiger partial charge >= 0.3 is 0 Å². The number of aryl methyl sites for hydroxylation is 1. The van der Waals surface area contributed by atoms with Crippen molar-refractivity contribution in [2.75, 3.05) is 6.54 Å². The van der Waals surface area contributed by atoms with E-state index in [1.165, 1.54) is 5.69 Å². The summed E-state index contributed by atoms with van der Waals surface area (Å²) in [7, 11) is 0. The Morgan fingerprint density at radius 2 is 2.25 bits per heavy atom. The van der Waals surface area contributed by atoms with Gasteiger partial charge in [0.2, 0.25) is 0 Å². The lowest BCUT2D eigenvalue weighted by molar-refractivity contribution is 0.489. The summed E-state index contributed by atoms with van der Waals surface area (Å²) in [5, 5.41) is 0. The highest BCUT2D eigenvalue weighted by Crippen LogP contribution is 2.20. The van der Waals surface area contributed by atoms with Crippen molar-refractivity contribution in [3.8, 4) is 0 Å². The summed E-state index contributed by atoms with van der Waals surface area (Å²) in [5.74, 6) is 0. The second-order valence-corrected chi connectivity index (χ2v) is 3.65. The smallest absolute Gasteiger partial charge is 0.0948 e. The molecule has 0 saturated carbocycles. The van der Waals surface area contributed by atoms with Crippen LogP contribution in [0.15, 0.2) is 12.5 Å². The monoisotopic (exact) mass is 167 g/mol. The molecule has 3 heteroatoms. The fourth-order valence-corrected chi connectivity index (χ4v) is 1.24. The topological polar surface area (TPSA) is 43.8 Å². The van der Waals surface area contributed by atoms with E-state index >= 15 is 0 Å². The lowest BCUT2D eigenvalue weighted by Crippen LogP contribution is -2.30. The van der Waals surface area contributed by atoms with E-state index in [0.717, 1.165) is 6.54 Å². The molecule has 0 unspecified atom stereocenters. The largest absolute Gasteiger partial charge is 0.334 e. The number of aromatic nitrogens is 2. The average Bonchev–Trinajstić information content (AvgIpc) is 2.52. The molecule has 68 valence electrons.